The molecule has 1 amide bonds. The van der Waals surface area contributed by atoms with E-state index >= 15 is 0 Å². The van der Waals surface area contributed by atoms with Crippen LogP contribution >= 0.6 is 0 Å². The maximum atomic E-state index is 11.6. The van der Waals surface area contributed by atoms with E-state index in [0.717, 1.165) is 31.5 Å². The van der Waals surface area contributed by atoms with Crippen LogP contribution in [0.4, 0.5) is 0 Å². The summed E-state index contributed by atoms with van der Waals surface area (Å²) in [6, 6.07) is 0. The zero-order valence-electron chi connectivity index (χ0n) is 15.0. The van der Waals surface area contributed by atoms with Crippen LogP contribution in [0.25, 0.3) is 0 Å². The zero-order valence-corrected chi connectivity index (χ0v) is 15.0. The van der Waals surface area contributed by atoms with Crippen molar-refractivity contribution in [3.63, 3.8) is 0 Å². The van der Waals surface area contributed by atoms with Gasteiger partial charge in [0.1, 0.15) is 6.61 Å². The standard InChI is InChI=1S/C17H34N2O2/c1-14(17(5,6)7)19-21-13-9-8-10-15(20)18-12-11-16(2,3)4/h8-13H2,1-7H3,(H,18,20)/b19-14+. The molecule has 0 heterocycles. The second kappa shape index (κ2) is 9.06. The van der Waals surface area contributed by atoms with Gasteiger partial charge >= 0.3 is 0 Å². The van der Waals surface area contributed by atoms with Crippen molar-refractivity contribution in [3.8, 4) is 0 Å². The van der Waals surface area contributed by atoms with E-state index in [1.807, 2.05) is 6.92 Å². The molecule has 4 heteroatoms. The lowest BCUT2D eigenvalue weighted by Gasteiger charge is -2.18. The van der Waals surface area contributed by atoms with Gasteiger partial charge in [-0.15, -0.1) is 0 Å². The lowest BCUT2D eigenvalue weighted by molar-refractivity contribution is -0.121. The topological polar surface area (TPSA) is 50.7 Å². The average molecular weight is 298 g/mol. The number of hydrogen-bond acceptors (Lipinski definition) is 3. The lowest BCUT2D eigenvalue weighted by atomic mass is 9.91. The molecule has 0 spiro atoms. The van der Waals surface area contributed by atoms with Gasteiger partial charge in [-0.05, 0) is 31.6 Å². The van der Waals surface area contributed by atoms with E-state index in [0.29, 0.717) is 13.0 Å². The van der Waals surface area contributed by atoms with Crippen molar-refractivity contribution in [1.82, 2.24) is 5.32 Å². The highest BCUT2D eigenvalue weighted by atomic mass is 16.6. The summed E-state index contributed by atoms with van der Waals surface area (Å²) in [7, 11) is 0. The number of oxime groups is 1. The quantitative estimate of drug-likeness (QED) is 0.416. The maximum absolute atomic E-state index is 11.6. The van der Waals surface area contributed by atoms with Crippen molar-refractivity contribution >= 4 is 11.6 Å². The van der Waals surface area contributed by atoms with Crippen molar-refractivity contribution in [2.45, 2.75) is 74.1 Å². The van der Waals surface area contributed by atoms with E-state index < -0.39 is 0 Å². The molecule has 0 aliphatic heterocycles. The van der Waals surface area contributed by atoms with E-state index in [2.05, 4.69) is 52.0 Å². The number of unbranched alkanes of at least 4 members (excludes halogenated alkanes) is 1. The monoisotopic (exact) mass is 298 g/mol. The van der Waals surface area contributed by atoms with Gasteiger partial charge in [0.05, 0.1) is 5.71 Å². The SMILES string of the molecule is C/C(=N\OCCCCC(=O)NCCC(C)(C)C)C(C)(C)C. The lowest BCUT2D eigenvalue weighted by Crippen LogP contribution is -2.27. The van der Waals surface area contributed by atoms with E-state index in [9.17, 15) is 4.79 Å². The third kappa shape index (κ3) is 12.4. The fraction of sp³-hybridized carbons (Fsp3) is 0.882. The summed E-state index contributed by atoms with van der Waals surface area (Å²) in [6.45, 7) is 16.2. The van der Waals surface area contributed by atoms with Crippen LogP contribution in [0.15, 0.2) is 5.16 Å². The van der Waals surface area contributed by atoms with Crippen LogP contribution in [-0.4, -0.2) is 24.8 Å². The molecule has 0 radical (unpaired) electrons. The van der Waals surface area contributed by atoms with Crippen LogP contribution in [0.1, 0.15) is 74.1 Å². The molecule has 0 aromatic carbocycles. The molecule has 0 atom stereocenters. The van der Waals surface area contributed by atoms with Gasteiger partial charge in [0.25, 0.3) is 0 Å². The maximum Gasteiger partial charge on any atom is 0.219 e. The van der Waals surface area contributed by atoms with Crippen LogP contribution < -0.4 is 5.32 Å². The van der Waals surface area contributed by atoms with Crippen molar-refractivity contribution < 1.29 is 9.63 Å². The molecule has 0 aliphatic carbocycles. The first-order chi connectivity index (χ1) is 9.52. The minimum Gasteiger partial charge on any atom is -0.396 e. The molecule has 21 heavy (non-hydrogen) atoms. The Morgan fingerprint density at radius 3 is 2.24 bits per heavy atom. The molecule has 0 aliphatic rings. The fourth-order valence-corrected chi connectivity index (χ4v) is 1.40. The number of nitrogens with zero attached hydrogens (tertiary/aromatic N) is 1. The van der Waals surface area contributed by atoms with E-state index in [-0.39, 0.29) is 16.7 Å². The van der Waals surface area contributed by atoms with Crippen LogP contribution in [0, 0.1) is 10.8 Å². The van der Waals surface area contributed by atoms with Crippen LogP contribution in [0.2, 0.25) is 0 Å². The molecule has 0 bridgehead atoms. The largest absolute Gasteiger partial charge is 0.396 e. The fourth-order valence-electron chi connectivity index (χ4n) is 1.40. The third-order valence-corrected chi connectivity index (χ3v) is 3.37. The number of carbonyl (C=O) groups excluding carboxylic acids is 1. The predicted molar refractivity (Wildman–Crippen MR) is 89.4 cm³/mol. The highest BCUT2D eigenvalue weighted by Crippen LogP contribution is 2.17. The molecule has 1 N–H and O–H groups in total. The molecule has 0 aromatic rings. The number of amides is 1. The Labute approximate surface area is 130 Å². The summed E-state index contributed by atoms with van der Waals surface area (Å²) in [5, 5.41) is 7.07. The molecule has 124 valence electrons. The first-order valence-electron chi connectivity index (χ1n) is 7.96. The zero-order chi connectivity index (χ0) is 16.5. The molecule has 0 fully saturated rings. The van der Waals surface area contributed by atoms with Gasteiger partial charge in [-0.2, -0.15) is 0 Å². The van der Waals surface area contributed by atoms with Gasteiger partial charge in [0.2, 0.25) is 5.91 Å². The summed E-state index contributed by atoms with van der Waals surface area (Å²) in [5.41, 5.74) is 1.30. The molecular weight excluding hydrogens is 264 g/mol. The Kier molecular flexibility index (Phi) is 8.60. The van der Waals surface area contributed by atoms with Crippen LogP contribution in [-0.2, 0) is 9.63 Å². The van der Waals surface area contributed by atoms with Gasteiger partial charge in [-0.3, -0.25) is 4.79 Å². The Morgan fingerprint density at radius 2 is 1.71 bits per heavy atom. The summed E-state index contributed by atoms with van der Waals surface area (Å²) >= 11 is 0. The second-order valence-corrected chi connectivity index (χ2v) is 7.88. The van der Waals surface area contributed by atoms with Crippen LogP contribution in [0.5, 0.6) is 0 Å². The Morgan fingerprint density at radius 1 is 1.10 bits per heavy atom. The normalized spacial score (nSPS) is 13.2. The molecule has 0 saturated carbocycles. The van der Waals surface area contributed by atoms with Crippen molar-refractivity contribution in [2.75, 3.05) is 13.2 Å². The Hall–Kier alpha value is -1.06. The highest BCUT2D eigenvalue weighted by Gasteiger charge is 2.14. The smallest absolute Gasteiger partial charge is 0.219 e. The summed E-state index contributed by atoms with van der Waals surface area (Å²) < 4.78 is 0. The van der Waals surface area contributed by atoms with Gasteiger partial charge in [-0.25, -0.2) is 0 Å². The average Bonchev–Trinajstić information content (AvgIpc) is 2.30. The van der Waals surface area contributed by atoms with Gasteiger partial charge in [0, 0.05) is 18.4 Å². The number of carbonyl (C=O) groups is 1. The van der Waals surface area contributed by atoms with E-state index in [1.165, 1.54) is 0 Å². The summed E-state index contributed by atoms with van der Waals surface area (Å²) in [5.74, 6) is 0.133. The van der Waals surface area contributed by atoms with Crippen molar-refractivity contribution in [3.05, 3.63) is 0 Å². The first kappa shape index (κ1) is 19.9. The van der Waals surface area contributed by atoms with Gasteiger partial charge < -0.3 is 10.2 Å². The Balaban J connectivity index is 3.62. The predicted octanol–water partition coefficient (Wildman–Crippen LogP) is 4.15. The Bertz CT molecular complexity index is 336. The minimum absolute atomic E-state index is 0.0486. The molecule has 4 nitrogen and oxygen atoms in total. The molecule has 0 saturated heterocycles. The minimum atomic E-state index is 0.0486. The first-order valence-corrected chi connectivity index (χ1v) is 7.96. The van der Waals surface area contributed by atoms with Crippen LogP contribution in [0.3, 0.4) is 0 Å². The van der Waals surface area contributed by atoms with Gasteiger partial charge in [-0.1, -0.05) is 46.7 Å². The molecule has 0 rings (SSSR count). The molecule has 0 unspecified atom stereocenters. The second-order valence-electron chi connectivity index (χ2n) is 7.88. The van der Waals surface area contributed by atoms with E-state index in [4.69, 9.17) is 4.84 Å². The summed E-state index contributed by atoms with van der Waals surface area (Å²) in [4.78, 5) is 16.9. The highest BCUT2D eigenvalue weighted by molar-refractivity contribution is 5.86. The van der Waals surface area contributed by atoms with Crippen molar-refractivity contribution in [2.24, 2.45) is 16.0 Å². The third-order valence-electron chi connectivity index (χ3n) is 3.37. The van der Waals surface area contributed by atoms with E-state index in [1.54, 1.807) is 0 Å². The van der Waals surface area contributed by atoms with Crippen molar-refractivity contribution in [1.29, 1.82) is 0 Å². The molecule has 0 aromatic heterocycles. The number of hydrogen-bond donors (Lipinski definition) is 1. The van der Waals surface area contributed by atoms with Gasteiger partial charge in [0.15, 0.2) is 0 Å². The number of rotatable bonds is 8. The number of nitrogens with one attached hydrogen (secondary N) is 1. The molecular formula is C17H34N2O2. The summed E-state index contributed by atoms with van der Waals surface area (Å²) in [6.07, 6.45) is 3.26.